The molecule has 1 fully saturated rings. The Kier molecular flexibility index (Phi) is 16.3. The van der Waals surface area contributed by atoms with Gasteiger partial charge in [-0.15, -0.1) is 11.3 Å². The molecule has 13 heteroatoms. The van der Waals surface area contributed by atoms with Crippen LogP contribution in [-0.2, 0) is 25.7 Å². The fourth-order valence-corrected chi connectivity index (χ4v) is 8.55. The maximum Gasteiger partial charge on any atom is 0.296 e. The van der Waals surface area contributed by atoms with E-state index in [0.717, 1.165) is 50.4 Å². The summed E-state index contributed by atoms with van der Waals surface area (Å²) < 4.78 is 5.90. The number of aromatic nitrogens is 1. The van der Waals surface area contributed by atoms with Crippen molar-refractivity contribution in [3.05, 3.63) is 137 Å². The zero-order valence-corrected chi connectivity index (χ0v) is 38.3. The lowest BCUT2D eigenvalue weighted by molar-refractivity contribution is -0.144. The fourth-order valence-electron chi connectivity index (χ4n) is 7.74. The second-order valence-corrected chi connectivity index (χ2v) is 17.8. The van der Waals surface area contributed by atoms with Crippen LogP contribution in [0.2, 0.25) is 0 Å². The van der Waals surface area contributed by atoms with E-state index in [1.807, 2.05) is 107 Å². The number of aromatic hydroxyl groups is 1. The maximum atomic E-state index is 14.0. The molecule has 3 atom stereocenters. The minimum absolute atomic E-state index is 0.0321. The highest BCUT2D eigenvalue weighted by Crippen LogP contribution is 2.36. The Morgan fingerprint density at radius 1 is 0.908 bits per heavy atom. The molecule has 2 heterocycles. The first-order valence-corrected chi connectivity index (χ1v) is 22.7. The molecule has 0 spiro atoms. The minimum atomic E-state index is -0.980. The lowest BCUT2D eigenvalue weighted by Gasteiger charge is -2.35. The second-order valence-electron chi connectivity index (χ2n) is 17.0. The highest BCUT2D eigenvalue weighted by molar-refractivity contribution is 7.13. The lowest BCUT2D eigenvalue weighted by atomic mass is 9.85. The van der Waals surface area contributed by atoms with Gasteiger partial charge in [-0.05, 0) is 87.9 Å². The summed E-state index contributed by atoms with van der Waals surface area (Å²) in [4.78, 5) is 59.7. The molecule has 0 unspecified atom stereocenters. The summed E-state index contributed by atoms with van der Waals surface area (Å²) in [5.41, 5.74) is 9.31. The van der Waals surface area contributed by atoms with Crippen LogP contribution in [0.15, 0.2) is 109 Å². The number of nitrogens with zero attached hydrogens (tertiary/aromatic N) is 2. The van der Waals surface area contributed by atoms with Crippen LogP contribution in [0.1, 0.15) is 81.3 Å². The molecule has 0 aliphatic carbocycles. The molecule has 1 saturated heterocycles. The zero-order valence-electron chi connectivity index (χ0n) is 37.5. The smallest absolute Gasteiger partial charge is 0.296 e. The maximum absolute atomic E-state index is 14.0. The van der Waals surface area contributed by atoms with Crippen molar-refractivity contribution < 1.29 is 34.1 Å². The molecule has 65 heavy (non-hydrogen) atoms. The number of benzene rings is 4. The van der Waals surface area contributed by atoms with Crippen LogP contribution in [0.5, 0.6) is 11.5 Å². The first kappa shape index (κ1) is 47.7. The molecule has 1 aliphatic heterocycles. The number of likely N-dealkylation sites (tertiary alicyclic amines) is 1. The summed E-state index contributed by atoms with van der Waals surface area (Å²) in [6.45, 7) is 10.2. The molecule has 4 aromatic carbocycles. The van der Waals surface area contributed by atoms with E-state index >= 15 is 0 Å². The van der Waals surface area contributed by atoms with Crippen LogP contribution in [0.25, 0.3) is 21.6 Å². The Balaban J connectivity index is 0.956. The van der Waals surface area contributed by atoms with Gasteiger partial charge in [-0.2, -0.15) is 0 Å². The van der Waals surface area contributed by atoms with Crippen LogP contribution in [0, 0.1) is 24.2 Å². The standard InChI is InChI=1S/C52H57N5O7S/c1-6-43(36-12-8-7-9-13-36)47(37-20-24-40(58)25-21-37)38-22-26-42(27-23-38)64-29-28-53-45(60)14-10-11-15-46(61)56-49(52(3,4)5)51(63)57-32-41(59)30-44(57)50(62)54-31-35-16-18-39(19-17-35)48-34(2)55-33-65-48/h7-9,12-13,16-27,33,41,44,49,58-59H,6,11,15,28-32H2,1-5H3,(H,53,60)(H,54,62)(H,56,61)/b47-43-/t41-,44+,49-/m1/s1. The molecule has 4 amide bonds. The van der Waals surface area contributed by atoms with Gasteiger partial charge in [-0.1, -0.05) is 112 Å². The quantitative estimate of drug-likeness (QED) is 0.0391. The Bertz CT molecular complexity index is 2520. The third-order valence-corrected chi connectivity index (χ3v) is 12.1. The van der Waals surface area contributed by atoms with Crippen molar-refractivity contribution in [2.24, 2.45) is 5.41 Å². The van der Waals surface area contributed by atoms with E-state index in [2.05, 4.69) is 51.8 Å². The number of nitrogens with one attached hydrogen (secondary N) is 3. The molecule has 5 N–H and O–H groups in total. The average Bonchev–Trinajstić information content (AvgIpc) is 3.92. The summed E-state index contributed by atoms with van der Waals surface area (Å²) in [5.74, 6) is 4.29. The molecule has 338 valence electrons. The molecule has 0 saturated carbocycles. The minimum Gasteiger partial charge on any atom is -0.508 e. The highest BCUT2D eigenvalue weighted by atomic mass is 32.1. The van der Waals surface area contributed by atoms with E-state index in [4.69, 9.17) is 4.74 Å². The number of carbonyl (C=O) groups is 4. The number of aliphatic hydroxyl groups is 1. The van der Waals surface area contributed by atoms with Gasteiger partial charge in [-0.3, -0.25) is 19.2 Å². The number of carbonyl (C=O) groups excluding carboxylic acids is 4. The van der Waals surface area contributed by atoms with Gasteiger partial charge in [0.05, 0.1) is 28.7 Å². The van der Waals surface area contributed by atoms with E-state index in [1.165, 1.54) is 10.5 Å². The number of aryl methyl sites for hydroxylation is 1. The molecule has 12 nitrogen and oxygen atoms in total. The first-order chi connectivity index (χ1) is 31.2. The van der Waals surface area contributed by atoms with Crippen molar-refractivity contribution in [3.8, 4) is 33.8 Å². The molecule has 0 bridgehead atoms. The Labute approximate surface area is 385 Å². The van der Waals surface area contributed by atoms with E-state index in [1.54, 1.807) is 29.0 Å². The van der Waals surface area contributed by atoms with Crippen LogP contribution in [0.3, 0.4) is 0 Å². The number of phenolic OH excluding ortho intramolecular Hbond substituents is 1. The summed E-state index contributed by atoms with van der Waals surface area (Å²) in [5, 5.41) is 28.9. The number of rotatable bonds is 16. The predicted octanol–water partition coefficient (Wildman–Crippen LogP) is 7.28. The third kappa shape index (κ3) is 12.9. The average molecular weight is 896 g/mol. The summed E-state index contributed by atoms with van der Waals surface area (Å²) in [6.07, 6.45) is 0.0215. The van der Waals surface area contributed by atoms with Crippen molar-refractivity contribution >= 4 is 46.1 Å². The number of allylic oxidation sites excluding steroid dienone is 1. The van der Waals surface area contributed by atoms with E-state index in [9.17, 15) is 29.4 Å². The molecular weight excluding hydrogens is 839 g/mol. The van der Waals surface area contributed by atoms with Crippen LogP contribution in [0.4, 0.5) is 0 Å². The SMILES string of the molecule is CC/C(=C(\c1ccc(O)cc1)c1ccc(OCCNC(=O)C#CCCC(=O)N[C@H](C(=O)N2C[C@H](O)C[C@H]2C(=O)NCc2ccc(-c3scnc3C)cc2)C(C)(C)C)cc1)c1ccccc1. The fraction of sp³-hybridized carbons (Fsp3) is 0.327. The van der Waals surface area contributed by atoms with E-state index in [-0.39, 0.29) is 57.2 Å². The third-order valence-electron chi connectivity index (χ3n) is 11.1. The van der Waals surface area contributed by atoms with Gasteiger partial charge in [0.15, 0.2) is 0 Å². The van der Waals surface area contributed by atoms with Gasteiger partial charge < -0.3 is 35.8 Å². The van der Waals surface area contributed by atoms with Gasteiger partial charge in [0.2, 0.25) is 17.7 Å². The number of aliphatic hydroxyl groups excluding tert-OH is 1. The monoisotopic (exact) mass is 895 g/mol. The molecule has 1 aromatic heterocycles. The number of phenols is 1. The second kappa shape index (κ2) is 22.2. The van der Waals surface area contributed by atoms with E-state index in [0.29, 0.717) is 5.75 Å². The van der Waals surface area contributed by atoms with Crippen LogP contribution < -0.4 is 20.7 Å². The van der Waals surface area contributed by atoms with Gasteiger partial charge in [-0.25, -0.2) is 4.98 Å². The first-order valence-electron chi connectivity index (χ1n) is 21.8. The van der Waals surface area contributed by atoms with Crippen LogP contribution in [-0.4, -0.2) is 81.6 Å². The Morgan fingerprint density at radius 3 is 2.22 bits per heavy atom. The van der Waals surface area contributed by atoms with Gasteiger partial charge in [0.25, 0.3) is 5.91 Å². The van der Waals surface area contributed by atoms with Crippen molar-refractivity contribution in [2.75, 3.05) is 19.7 Å². The van der Waals surface area contributed by atoms with E-state index < -0.39 is 41.3 Å². The number of thiazole rings is 1. The molecule has 6 rings (SSSR count). The van der Waals surface area contributed by atoms with Gasteiger partial charge in [0, 0.05) is 32.4 Å². The summed E-state index contributed by atoms with van der Waals surface area (Å²) in [6, 6.07) is 31.1. The lowest BCUT2D eigenvalue weighted by Crippen LogP contribution is -2.57. The molecular formula is C52H57N5O7S. The molecule has 0 radical (unpaired) electrons. The van der Waals surface area contributed by atoms with Crippen molar-refractivity contribution in [1.82, 2.24) is 25.8 Å². The number of β-amino-alcohol motifs (C(OH)–C–C–N with tert-alkyl or cyclic N) is 1. The van der Waals surface area contributed by atoms with Gasteiger partial charge in [0.1, 0.15) is 30.2 Å². The topological polar surface area (TPSA) is 170 Å². The van der Waals surface area contributed by atoms with Crippen LogP contribution >= 0.6 is 11.3 Å². The molecule has 1 aliphatic rings. The predicted molar refractivity (Wildman–Crippen MR) is 254 cm³/mol. The Morgan fingerprint density at radius 2 is 1.58 bits per heavy atom. The zero-order chi connectivity index (χ0) is 46.5. The van der Waals surface area contributed by atoms with Crippen molar-refractivity contribution in [3.63, 3.8) is 0 Å². The van der Waals surface area contributed by atoms with Crippen molar-refractivity contribution in [1.29, 1.82) is 0 Å². The number of hydrogen-bond donors (Lipinski definition) is 5. The number of ether oxygens (including phenoxy) is 1. The largest absolute Gasteiger partial charge is 0.508 e. The summed E-state index contributed by atoms with van der Waals surface area (Å²) >= 11 is 1.57. The number of amides is 4. The summed E-state index contributed by atoms with van der Waals surface area (Å²) in [7, 11) is 0. The highest BCUT2D eigenvalue weighted by Gasteiger charge is 2.44. The molecule has 5 aromatic rings. The van der Waals surface area contributed by atoms with Gasteiger partial charge >= 0.3 is 0 Å². The van der Waals surface area contributed by atoms with Crippen molar-refractivity contribution in [2.45, 2.75) is 85.0 Å². The normalized spacial score (nSPS) is 15.5. The number of hydrogen-bond acceptors (Lipinski definition) is 9. The Hall–Kier alpha value is -6.75.